The molecule has 15 heavy (non-hydrogen) atoms. The lowest BCUT2D eigenvalue weighted by atomic mass is 9.84. The molecule has 0 aromatic rings. The summed E-state index contributed by atoms with van der Waals surface area (Å²) in [6.07, 6.45) is 4.12. The van der Waals surface area contributed by atoms with Gasteiger partial charge in [-0.1, -0.05) is 25.1 Å². The molecule has 2 N–H and O–H groups in total. The molecular weight excluding hydrogens is 212 g/mol. The second-order valence-corrected chi connectivity index (χ2v) is 4.94. The Bertz CT molecular complexity index is 334. The molecule has 0 radical (unpaired) electrons. The van der Waals surface area contributed by atoms with Crippen LogP contribution in [0.3, 0.4) is 0 Å². The van der Waals surface area contributed by atoms with Crippen LogP contribution in [0.5, 0.6) is 0 Å². The Labute approximate surface area is 93.8 Å². The number of amides is 2. The molecule has 0 aromatic carbocycles. The van der Waals surface area contributed by atoms with Crippen LogP contribution in [-0.2, 0) is 9.59 Å². The first-order chi connectivity index (χ1) is 7.05. The maximum atomic E-state index is 12.1. The Hall–Kier alpha value is -0.970. The molecule has 1 saturated heterocycles. The summed E-state index contributed by atoms with van der Waals surface area (Å²) in [4.78, 5) is 25.2. The molecule has 1 heterocycles. The smallest absolute Gasteiger partial charge is 0.236 e. The van der Waals surface area contributed by atoms with E-state index in [4.69, 9.17) is 18.0 Å². The van der Waals surface area contributed by atoms with E-state index in [0.29, 0.717) is 6.42 Å². The van der Waals surface area contributed by atoms with Gasteiger partial charge >= 0.3 is 0 Å². The van der Waals surface area contributed by atoms with Crippen molar-refractivity contribution in [2.45, 2.75) is 32.1 Å². The van der Waals surface area contributed by atoms with Gasteiger partial charge in [0.1, 0.15) is 0 Å². The van der Waals surface area contributed by atoms with Gasteiger partial charge in [0.15, 0.2) is 0 Å². The molecule has 2 aliphatic rings. The highest BCUT2D eigenvalue weighted by Gasteiger charge is 2.52. The molecule has 0 aromatic heterocycles. The Morgan fingerprint density at radius 1 is 1.40 bits per heavy atom. The molecule has 1 spiro atoms. The van der Waals surface area contributed by atoms with Crippen molar-refractivity contribution in [3.63, 3.8) is 0 Å². The largest absolute Gasteiger partial charge is 0.392 e. The minimum absolute atomic E-state index is 0.0576. The highest BCUT2D eigenvalue weighted by Crippen LogP contribution is 2.46. The van der Waals surface area contributed by atoms with Gasteiger partial charge in [-0.3, -0.25) is 14.5 Å². The van der Waals surface area contributed by atoms with Crippen molar-refractivity contribution in [2.24, 2.45) is 11.1 Å². The number of carbonyl (C=O) groups is 2. The van der Waals surface area contributed by atoms with Crippen LogP contribution in [0.4, 0.5) is 0 Å². The molecule has 5 heteroatoms. The molecule has 2 fully saturated rings. The second-order valence-electron chi connectivity index (χ2n) is 4.42. The summed E-state index contributed by atoms with van der Waals surface area (Å²) in [5.74, 6) is -0.174. The molecule has 1 saturated carbocycles. The highest BCUT2D eigenvalue weighted by atomic mass is 32.1. The molecular formula is C10H14N2O2S. The fraction of sp³-hybridized carbons (Fsp3) is 0.700. The lowest BCUT2D eigenvalue weighted by Crippen LogP contribution is -2.39. The van der Waals surface area contributed by atoms with Gasteiger partial charge in [0.05, 0.1) is 16.9 Å². The Balaban J connectivity index is 2.19. The first-order valence-corrected chi connectivity index (χ1v) is 5.59. The topological polar surface area (TPSA) is 63.4 Å². The number of rotatable bonds is 2. The first kappa shape index (κ1) is 10.5. The average molecular weight is 226 g/mol. The predicted octanol–water partition coefficient (Wildman–Crippen LogP) is 0.592. The van der Waals surface area contributed by atoms with Crippen molar-refractivity contribution < 1.29 is 9.59 Å². The lowest BCUT2D eigenvalue weighted by molar-refractivity contribution is -0.140. The van der Waals surface area contributed by atoms with Crippen molar-refractivity contribution in [2.75, 3.05) is 6.54 Å². The summed E-state index contributed by atoms with van der Waals surface area (Å²) in [6.45, 7) is 0.106. The number of likely N-dealkylation sites (tertiary alicyclic amines) is 1. The van der Waals surface area contributed by atoms with Crippen LogP contribution in [-0.4, -0.2) is 28.2 Å². The summed E-state index contributed by atoms with van der Waals surface area (Å²) in [5, 5.41) is 0. The van der Waals surface area contributed by atoms with Crippen LogP contribution in [0.25, 0.3) is 0 Å². The molecule has 0 bridgehead atoms. The SMILES string of the molecule is NC(=S)CN1C(=O)CC2(CCCC2)C1=O. The zero-order valence-electron chi connectivity index (χ0n) is 8.49. The van der Waals surface area contributed by atoms with Crippen molar-refractivity contribution in [3.8, 4) is 0 Å². The summed E-state index contributed by atoms with van der Waals surface area (Å²) in [6, 6.07) is 0. The van der Waals surface area contributed by atoms with Crippen molar-refractivity contribution in [1.82, 2.24) is 4.90 Å². The maximum absolute atomic E-state index is 12.1. The zero-order chi connectivity index (χ0) is 11.1. The minimum Gasteiger partial charge on any atom is -0.392 e. The minimum atomic E-state index is -0.401. The summed E-state index contributed by atoms with van der Waals surface area (Å²) in [5.41, 5.74) is 4.97. The van der Waals surface area contributed by atoms with Crippen LogP contribution in [0, 0.1) is 5.41 Å². The zero-order valence-corrected chi connectivity index (χ0v) is 9.31. The average Bonchev–Trinajstić information content (AvgIpc) is 2.69. The summed E-state index contributed by atoms with van der Waals surface area (Å²) >= 11 is 4.73. The van der Waals surface area contributed by atoms with Gasteiger partial charge in [0, 0.05) is 6.42 Å². The molecule has 2 amide bonds. The highest BCUT2D eigenvalue weighted by molar-refractivity contribution is 7.80. The van der Waals surface area contributed by atoms with E-state index < -0.39 is 5.41 Å². The van der Waals surface area contributed by atoms with E-state index in [1.165, 1.54) is 4.90 Å². The van der Waals surface area contributed by atoms with E-state index in [1.807, 2.05) is 0 Å². The number of hydrogen-bond acceptors (Lipinski definition) is 3. The molecule has 0 atom stereocenters. The third-order valence-corrected chi connectivity index (χ3v) is 3.49. The Morgan fingerprint density at radius 3 is 2.53 bits per heavy atom. The quantitative estimate of drug-likeness (QED) is 0.553. The Morgan fingerprint density at radius 2 is 2.00 bits per heavy atom. The van der Waals surface area contributed by atoms with Crippen molar-refractivity contribution >= 4 is 29.0 Å². The monoisotopic (exact) mass is 226 g/mol. The lowest BCUT2D eigenvalue weighted by Gasteiger charge is -2.20. The van der Waals surface area contributed by atoms with Gasteiger partial charge in [-0.15, -0.1) is 0 Å². The van der Waals surface area contributed by atoms with Gasteiger partial charge in [0.2, 0.25) is 11.8 Å². The van der Waals surface area contributed by atoms with Crippen LogP contribution in [0.15, 0.2) is 0 Å². The van der Waals surface area contributed by atoms with Crippen molar-refractivity contribution in [1.29, 1.82) is 0 Å². The summed E-state index contributed by atoms with van der Waals surface area (Å²) < 4.78 is 0. The van der Waals surface area contributed by atoms with Crippen LogP contribution in [0.2, 0.25) is 0 Å². The van der Waals surface area contributed by atoms with E-state index in [0.717, 1.165) is 25.7 Å². The molecule has 1 aliphatic carbocycles. The molecule has 82 valence electrons. The number of hydrogen-bond donors (Lipinski definition) is 1. The fourth-order valence-corrected chi connectivity index (χ4v) is 2.75. The van der Waals surface area contributed by atoms with E-state index in [9.17, 15) is 9.59 Å². The molecule has 2 rings (SSSR count). The summed E-state index contributed by atoms with van der Waals surface area (Å²) in [7, 11) is 0. The second kappa shape index (κ2) is 3.56. The number of imide groups is 1. The van der Waals surface area contributed by atoms with Crippen LogP contribution < -0.4 is 5.73 Å². The first-order valence-electron chi connectivity index (χ1n) is 5.18. The number of nitrogens with two attached hydrogens (primary N) is 1. The molecule has 0 unspecified atom stereocenters. The van der Waals surface area contributed by atoms with Gasteiger partial charge < -0.3 is 5.73 Å². The normalized spacial score (nSPS) is 24.1. The number of thiocarbonyl (C=S) groups is 1. The van der Waals surface area contributed by atoms with Gasteiger partial charge in [0.25, 0.3) is 0 Å². The van der Waals surface area contributed by atoms with Gasteiger partial charge in [-0.25, -0.2) is 0 Å². The van der Waals surface area contributed by atoms with E-state index >= 15 is 0 Å². The molecule has 4 nitrogen and oxygen atoms in total. The third kappa shape index (κ3) is 1.65. The van der Waals surface area contributed by atoms with Gasteiger partial charge in [-0.05, 0) is 12.8 Å². The fourth-order valence-electron chi connectivity index (χ4n) is 2.62. The van der Waals surface area contributed by atoms with E-state index in [2.05, 4.69) is 0 Å². The van der Waals surface area contributed by atoms with Gasteiger partial charge in [-0.2, -0.15) is 0 Å². The van der Waals surface area contributed by atoms with Crippen LogP contribution in [0.1, 0.15) is 32.1 Å². The van der Waals surface area contributed by atoms with E-state index in [1.54, 1.807) is 0 Å². The Kier molecular flexibility index (Phi) is 2.50. The third-order valence-electron chi connectivity index (χ3n) is 3.36. The molecule has 1 aliphatic heterocycles. The number of nitrogens with zero attached hydrogens (tertiary/aromatic N) is 1. The maximum Gasteiger partial charge on any atom is 0.236 e. The predicted molar refractivity (Wildman–Crippen MR) is 59.0 cm³/mol. The van der Waals surface area contributed by atoms with Crippen LogP contribution >= 0.6 is 12.2 Å². The number of carbonyl (C=O) groups excluding carboxylic acids is 2. The van der Waals surface area contributed by atoms with E-state index in [-0.39, 0.29) is 23.3 Å². The standard InChI is InChI=1S/C10H14N2O2S/c11-7(15)6-12-8(13)5-10(9(12)14)3-1-2-4-10/h1-6H2,(H2,11,15). The van der Waals surface area contributed by atoms with Crippen molar-refractivity contribution in [3.05, 3.63) is 0 Å².